The normalized spacial score (nSPS) is 51.3. The van der Waals surface area contributed by atoms with Crippen molar-refractivity contribution in [2.75, 3.05) is 20.3 Å². The molecule has 0 aromatic carbocycles. The van der Waals surface area contributed by atoms with Crippen LogP contribution in [0.1, 0.15) is 162 Å². The number of aliphatic hydroxyl groups excluding tert-OH is 1. The summed E-state index contributed by atoms with van der Waals surface area (Å²) in [5.74, 6) is -3.08. The number of methoxy groups -OCH3 is 1. The number of esters is 1. The van der Waals surface area contributed by atoms with E-state index < -0.39 is 72.3 Å². The lowest BCUT2D eigenvalue weighted by atomic mass is 9.81. The quantitative estimate of drug-likeness (QED) is 0.114. The summed E-state index contributed by atoms with van der Waals surface area (Å²) in [6.07, 6.45) is 9.89. The minimum atomic E-state index is -1.57. The van der Waals surface area contributed by atoms with E-state index in [0.717, 1.165) is 69.8 Å². The van der Waals surface area contributed by atoms with Crippen molar-refractivity contribution in [1.82, 2.24) is 0 Å². The highest BCUT2D eigenvalue weighted by Gasteiger charge is 2.72. The van der Waals surface area contributed by atoms with Crippen LogP contribution in [0.2, 0.25) is 0 Å². The molecule has 0 saturated carbocycles. The Morgan fingerprint density at radius 2 is 1.56 bits per heavy atom. The molecule has 77 heavy (non-hydrogen) atoms. The van der Waals surface area contributed by atoms with Gasteiger partial charge in [0.2, 0.25) is 5.79 Å². The molecule has 0 aliphatic carbocycles. The van der Waals surface area contributed by atoms with E-state index in [9.17, 15) is 15.0 Å². The molecule has 0 aromatic rings. The smallest absolute Gasteiger partial charge is 0.308 e. The summed E-state index contributed by atoms with van der Waals surface area (Å²) in [4.78, 5) is 13.7. The monoisotopic (exact) mass is 1090 g/mol. The minimum Gasteiger partial charge on any atom is -0.460 e. The molecule has 0 aromatic heterocycles. The van der Waals surface area contributed by atoms with Crippen LogP contribution < -0.4 is 5.73 Å². The third-order valence-corrected chi connectivity index (χ3v) is 20.1. The van der Waals surface area contributed by atoms with Crippen LogP contribution in [0.5, 0.6) is 0 Å². The number of nitrogens with two attached hydrogens (primary N) is 1. The first-order chi connectivity index (χ1) is 37.1. The molecular formula is C59H91NO17. The maximum absolute atomic E-state index is 13.7. The van der Waals surface area contributed by atoms with Crippen LogP contribution in [-0.2, 0) is 71.1 Å². The molecule has 4 N–H and O–H groups in total. The van der Waals surface area contributed by atoms with Gasteiger partial charge in [-0.1, -0.05) is 33.9 Å². The first-order valence-corrected chi connectivity index (χ1v) is 30.2. The van der Waals surface area contributed by atoms with E-state index in [-0.39, 0.29) is 105 Å². The van der Waals surface area contributed by atoms with E-state index in [2.05, 4.69) is 33.9 Å². The Morgan fingerprint density at radius 3 is 2.39 bits per heavy atom. The lowest BCUT2D eigenvalue weighted by molar-refractivity contribution is -0.364. The molecule has 1 spiro atoms. The van der Waals surface area contributed by atoms with Crippen molar-refractivity contribution in [2.45, 2.75) is 308 Å². The van der Waals surface area contributed by atoms with Crippen LogP contribution in [0.4, 0.5) is 0 Å². The van der Waals surface area contributed by atoms with Gasteiger partial charge in [-0.3, -0.25) is 4.79 Å². The van der Waals surface area contributed by atoms with Gasteiger partial charge in [0.15, 0.2) is 11.6 Å². The number of hydrogen-bond acceptors (Lipinski definition) is 18. The summed E-state index contributed by atoms with van der Waals surface area (Å²) in [6, 6.07) is 0. The molecule has 26 atom stereocenters. The summed E-state index contributed by atoms with van der Waals surface area (Å²) < 4.78 is 91.7. The molecule has 13 aliphatic heterocycles. The summed E-state index contributed by atoms with van der Waals surface area (Å²) in [5.41, 5.74) is 8.15. The summed E-state index contributed by atoms with van der Waals surface area (Å²) in [5, 5.41) is 23.2. The zero-order valence-electron chi connectivity index (χ0n) is 46.3. The molecule has 4 bridgehead atoms. The molecule has 13 aliphatic rings. The highest BCUT2D eigenvalue weighted by molar-refractivity contribution is 5.70. The largest absolute Gasteiger partial charge is 0.460 e. The number of carbonyl (C=O) groups is 1. The van der Waals surface area contributed by atoms with E-state index in [1.807, 2.05) is 0 Å². The van der Waals surface area contributed by atoms with Crippen molar-refractivity contribution in [3.05, 3.63) is 24.3 Å². The maximum Gasteiger partial charge on any atom is 0.308 e. The van der Waals surface area contributed by atoms with Crippen LogP contribution in [-0.4, -0.2) is 182 Å². The molecule has 434 valence electrons. The van der Waals surface area contributed by atoms with Gasteiger partial charge < -0.3 is 82.3 Å². The van der Waals surface area contributed by atoms with Gasteiger partial charge in [0.05, 0.1) is 117 Å². The van der Waals surface area contributed by atoms with E-state index >= 15 is 0 Å². The molecule has 18 nitrogen and oxygen atoms in total. The molecule has 13 rings (SSSR count). The van der Waals surface area contributed by atoms with E-state index in [4.69, 9.17) is 72.0 Å². The predicted octanol–water partition coefficient (Wildman–Crippen LogP) is 6.30. The molecular weight excluding hydrogens is 995 g/mol. The maximum atomic E-state index is 13.7. The number of aliphatic hydroxyl groups is 2. The van der Waals surface area contributed by atoms with Crippen LogP contribution in [0, 0.1) is 11.8 Å². The first-order valence-electron chi connectivity index (χ1n) is 30.2. The highest BCUT2D eigenvalue weighted by Crippen LogP contribution is 2.56. The van der Waals surface area contributed by atoms with Crippen molar-refractivity contribution in [1.29, 1.82) is 0 Å². The summed E-state index contributed by atoms with van der Waals surface area (Å²) in [6.45, 7) is 16.2. The van der Waals surface area contributed by atoms with Gasteiger partial charge in [-0.05, 0) is 113 Å². The zero-order chi connectivity index (χ0) is 53.4. The van der Waals surface area contributed by atoms with E-state index in [1.165, 1.54) is 5.57 Å². The first kappa shape index (κ1) is 55.8. The Kier molecular flexibility index (Phi) is 16.5. The number of hydrogen-bond donors (Lipinski definition) is 3. The standard InChI is InChI=1S/C59H91NO17/c1-7-42-34(5)31(2)21-37(66-42)12-13-43-32(3)22-38(67-43)15-18-58-30-59(63)56(77-58)55(64-6)54(76-59)53(75-58)44-10-8-9-36(68-44)26-51(62)70-40-25-48-47(65-29-40)27-50-49(72-48)24-39(69-50)23-46-41(61)16-19-57(74-46)28-33(4)52-45(73-57)14-11-35(71-52)17-20-60/h31,33,35-50,52-56,61,63H,3,5,7-30,60H2,1-2,4,6H3/t31-,33+,35+,36?,37+,38?,39?,40?,41?,42-,43+,44+,45?,46?,47+,48?,49?,50-,52?,53?,54?,55-,56?,57+,58-,59-/m1/s1. The summed E-state index contributed by atoms with van der Waals surface area (Å²) >= 11 is 0. The number of rotatable bonds is 16. The Bertz CT molecular complexity index is 2100. The van der Waals surface area contributed by atoms with E-state index in [1.54, 1.807) is 7.11 Å². The molecule has 18 heteroatoms. The van der Waals surface area contributed by atoms with Crippen LogP contribution in [0.3, 0.4) is 0 Å². The molecule has 13 heterocycles. The van der Waals surface area contributed by atoms with Crippen LogP contribution in [0.15, 0.2) is 24.3 Å². The Morgan fingerprint density at radius 1 is 0.740 bits per heavy atom. The second-order valence-corrected chi connectivity index (χ2v) is 25.7. The van der Waals surface area contributed by atoms with Crippen molar-refractivity contribution >= 4 is 5.97 Å². The number of ether oxygens (including phenoxy) is 14. The fourth-order valence-electron chi connectivity index (χ4n) is 16.2. The molecule has 0 amide bonds. The van der Waals surface area contributed by atoms with Gasteiger partial charge in [0.1, 0.15) is 30.5 Å². The van der Waals surface area contributed by atoms with Crippen LogP contribution >= 0.6 is 0 Å². The van der Waals surface area contributed by atoms with Crippen molar-refractivity contribution in [2.24, 2.45) is 17.6 Å². The van der Waals surface area contributed by atoms with Crippen molar-refractivity contribution in [3.63, 3.8) is 0 Å². The van der Waals surface area contributed by atoms with Gasteiger partial charge in [0, 0.05) is 52.1 Å². The lowest BCUT2D eigenvalue weighted by Gasteiger charge is -2.53. The number of carbonyl (C=O) groups excluding carboxylic acids is 1. The average Bonchev–Trinajstić information content (AvgIpc) is 4.22. The second kappa shape index (κ2) is 22.8. The third kappa shape index (κ3) is 11.4. The van der Waals surface area contributed by atoms with Gasteiger partial charge >= 0.3 is 5.97 Å². The van der Waals surface area contributed by atoms with Gasteiger partial charge in [-0.25, -0.2) is 0 Å². The Labute approximate surface area is 455 Å². The number of fused-ring (bicyclic) bond motifs is 4. The third-order valence-electron chi connectivity index (χ3n) is 20.1. The van der Waals surface area contributed by atoms with Crippen molar-refractivity contribution in [3.8, 4) is 0 Å². The fourth-order valence-corrected chi connectivity index (χ4v) is 16.2. The van der Waals surface area contributed by atoms with Crippen LogP contribution in [0.25, 0.3) is 0 Å². The topological polar surface area (TPSA) is 213 Å². The summed E-state index contributed by atoms with van der Waals surface area (Å²) in [7, 11) is 1.61. The second-order valence-electron chi connectivity index (χ2n) is 25.7. The van der Waals surface area contributed by atoms with Gasteiger partial charge in [-0.2, -0.15) is 0 Å². The molecule has 13 fully saturated rings. The molecule has 13 unspecified atom stereocenters. The van der Waals surface area contributed by atoms with Crippen molar-refractivity contribution < 1.29 is 81.3 Å². The fraction of sp³-hybridized carbons (Fsp3) is 0.915. The lowest BCUT2D eigenvalue weighted by Crippen LogP contribution is -2.60. The predicted molar refractivity (Wildman–Crippen MR) is 276 cm³/mol. The highest BCUT2D eigenvalue weighted by atomic mass is 16.8. The van der Waals surface area contributed by atoms with Gasteiger partial charge in [0.25, 0.3) is 0 Å². The van der Waals surface area contributed by atoms with E-state index in [0.29, 0.717) is 76.7 Å². The SMILES string of the molecule is C=C1CC(CC[C@@]23C[C@@]4(O)OC(C([C@@H]5CCCC(CC(=O)OC6CO[C@H]7C[C@H]8OC(CC9O[C@@]%10(CCC9O)C[C@H](C)C9O[C@H](CCN)CCC9O%10)CC8OC7C6)O5)O2)[C@@H](OC)C4O3)O[C@H]1CC[C@H]1C[C@@H](C)C(=C)[C@@H](CC)O1. The zero-order valence-corrected chi connectivity index (χ0v) is 46.3. The average molecular weight is 1090 g/mol. The minimum absolute atomic E-state index is 0.0299. The Hall–Kier alpha value is -1.69. The molecule has 0 radical (unpaired) electrons. The Balaban J connectivity index is 0.607. The molecule has 13 saturated heterocycles. The van der Waals surface area contributed by atoms with Gasteiger partial charge in [-0.15, -0.1) is 0 Å².